The third-order valence-corrected chi connectivity index (χ3v) is 5.50. The van der Waals surface area contributed by atoms with Crippen LogP contribution < -0.4 is 5.32 Å². The number of aryl methyl sites for hydroxylation is 1. The van der Waals surface area contributed by atoms with Gasteiger partial charge in [-0.05, 0) is 42.8 Å². The number of hydrogen-bond donors (Lipinski definition) is 1. The van der Waals surface area contributed by atoms with Crippen molar-refractivity contribution in [2.45, 2.75) is 32.9 Å². The molecule has 0 aliphatic carbocycles. The fourth-order valence-electron chi connectivity index (χ4n) is 1.66. The molecule has 2 rings (SSSR count). The maximum atomic E-state index is 4.42. The highest BCUT2D eigenvalue weighted by molar-refractivity contribution is 9.10. The van der Waals surface area contributed by atoms with Crippen LogP contribution in [0.25, 0.3) is 0 Å². The van der Waals surface area contributed by atoms with Gasteiger partial charge in [0.2, 0.25) is 0 Å². The Kier molecular flexibility index (Phi) is 4.36. The smallest absolute Gasteiger partial charge is 0.109 e. The number of nitrogens with zero attached hydrogens (tertiary/aromatic N) is 1. The summed E-state index contributed by atoms with van der Waals surface area (Å²) in [5.74, 6) is 0. The minimum Gasteiger partial charge on any atom is -0.301 e. The molecule has 0 saturated carbocycles. The molecule has 0 spiro atoms. The Morgan fingerprint density at radius 1 is 1.35 bits per heavy atom. The molecule has 0 aliphatic rings. The number of rotatable bonds is 4. The summed E-state index contributed by atoms with van der Waals surface area (Å²) in [6, 6.07) is 2.82. The Labute approximate surface area is 118 Å². The van der Waals surface area contributed by atoms with Crippen LogP contribution in [0.5, 0.6) is 0 Å². The van der Waals surface area contributed by atoms with E-state index in [0.717, 1.165) is 9.48 Å². The van der Waals surface area contributed by atoms with Gasteiger partial charge < -0.3 is 5.32 Å². The summed E-state index contributed by atoms with van der Waals surface area (Å²) in [6.07, 6.45) is 1.94. The van der Waals surface area contributed by atoms with Gasteiger partial charge in [-0.3, -0.25) is 0 Å². The van der Waals surface area contributed by atoms with E-state index in [-0.39, 0.29) is 0 Å². The first-order chi connectivity index (χ1) is 8.06. The normalized spacial score (nSPS) is 14.8. The van der Waals surface area contributed by atoms with Crippen molar-refractivity contribution in [3.05, 3.63) is 36.9 Å². The Balaban J connectivity index is 2.01. The van der Waals surface area contributed by atoms with Crippen LogP contribution in [-0.4, -0.2) is 4.98 Å². The predicted molar refractivity (Wildman–Crippen MR) is 78.8 cm³/mol. The molecule has 0 aliphatic heterocycles. The molecule has 0 saturated heterocycles. The molecule has 2 aromatic rings. The van der Waals surface area contributed by atoms with Crippen molar-refractivity contribution in [2.75, 3.05) is 0 Å². The Hall–Kier alpha value is -0.230. The molecule has 92 valence electrons. The van der Waals surface area contributed by atoms with Crippen molar-refractivity contribution in [1.82, 2.24) is 10.3 Å². The second kappa shape index (κ2) is 5.61. The number of hydrogen-bond acceptors (Lipinski definition) is 4. The lowest BCUT2D eigenvalue weighted by Crippen LogP contribution is -2.21. The largest absolute Gasteiger partial charge is 0.301 e. The molecule has 0 radical (unpaired) electrons. The van der Waals surface area contributed by atoms with Crippen LogP contribution in [0.3, 0.4) is 0 Å². The average molecular weight is 331 g/mol. The van der Waals surface area contributed by atoms with Crippen LogP contribution in [0.15, 0.2) is 22.1 Å². The van der Waals surface area contributed by atoms with Gasteiger partial charge >= 0.3 is 0 Å². The zero-order valence-corrected chi connectivity index (χ0v) is 13.2. The molecule has 1 N–H and O–H groups in total. The predicted octanol–water partition coefficient (Wildman–Crippen LogP) is 4.69. The SMILES string of the molecule is Cc1cnc(C(C)NC(C)c2cc(Br)cs2)s1. The van der Waals surface area contributed by atoms with E-state index in [0.29, 0.717) is 12.1 Å². The first-order valence-corrected chi connectivity index (χ1v) is 7.97. The van der Waals surface area contributed by atoms with E-state index < -0.39 is 0 Å². The van der Waals surface area contributed by atoms with E-state index >= 15 is 0 Å². The maximum absolute atomic E-state index is 4.42. The van der Waals surface area contributed by atoms with Crippen LogP contribution in [0, 0.1) is 6.92 Å². The third-order valence-electron chi connectivity index (χ3n) is 2.52. The summed E-state index contributed by atoms with van der Waals surface area (Å²) >= 11 is 7.02. The number of halogens is 1. The molecule has 0 aromatic carbocycles. The quantitative estimate of drug-likeness (QED) is 0.879. The molecule has 2 heterocycles. The Morgan fingerprint density at radius 2 is 2.12 bits per heavy atom. The molecule has 2 atom stereocenters. The number of thiazole rings is 1. The van der Waals surface area contributed by atoms with E-state index in [9.17, 15) is 0 Å². The molecule has 2 aromatic heterocycles. The lowest BCUT2D eigenvalue weighted by atomic mass is 10.2. The van der Waals surface area contributed by atoms with Gasteiger partial charge in [-0.1, -0.05) is 0 Å². The molecule has 0 amide bonds. The number of aromatic nitrogens is 1. The molecule has 5 heteroatoms. The second-order valence-electron chi connectivity index (χ2n) is 4.09. The van der Waals surface area contributed by atoms with E-state index in [1.54, 1.807) is 22.7 Å². The van der Waals surface area contributed by atoms with Gasteiger partial charge in [-0.15, -0.1) is 22.7 Å². The van der Waals surface area contributed by atoms with Gasteiger partial charge in [-0.25, -0.2) is 4.98 Å². The summed E-state index contributed by atoms with van der Waals surface area (Å²) in [5, 5.41) is 6.85. The first kappa shape index (κ1) is 13.2. The highest BCUT2D eigenvalue weighted by atomic mass is 79.9. The van der Waals surface area contributed by atoms with Crippen molar-refractivity contribution in [2.24, 2.45) is 0 Å². The van der Waals surface area contributed by atoms with Gasteiger partial charge in [0, 0.05) is 31.8 Å². The van der Waals surface area contributed by atoms with E-state index in [1.165, 1.54) is 9.75 Å². The average Bonchev–Trinajstić information content (AvgIpc) is 2.87. The minimum atomic E-state index is 0.296. The fourth-order valence-corrected chi connectivity index (χ4v) is 3.90. The standard InChI is InChI=1S/C12H15BrN2S2/c1-7-5-14-12(17-7)9(3)15-8(2)11-4-10(13)6-16-11/h4-6,8-9,15H,1-3H3. The Bertz CT molecular complexity index is 448. The maximum Gasteiger partial charge on any atom is 0.109 e. The van der Waals surface area contributed by atoms with Gasteiger partial charge in [0.15, 0.2) is 0 Å². The van der Waals surface area contributed by atoms with Crippen molar-refractivity contribution in [3.8, 4) is 0 Å². The van der Waals surface area contributed by atoms with Crippen LogP contribution in [-0.2, 0) is 0 Å². The first-order valence-electron chi connectivity index (χ1n) is 5.48. The fraction of sp³-hybridized carbons (Fsp3) is 0.417. The Morgan fingerprint density at radius 3 is 2.65 bits per heavy atom. The highest BCUT2D eigenvalue weighted by Crippen LogP contribution is 2.28. The monoisotopic (exact) mass is 330 g/mol. The van der Waals surface area contributed by atoms with Crippen LogP contribution in [0.1, 0.15) is 40.7 Å². The van der Waals surface area contributed by atoms with Gasteiger partial charge in [0.25, 0.3) is 0 Å². The van der Waals surface area contributed by atoms with Crippen molar-refractivity contribution in [1.29, 1.82) is 0 Å². The van der Waals surface area contributed by atoms with Gasteiger partial charge in [0.05, 0.1) is 6.04 Å². The lowest BCUT2D eigenvalue weighted by molar-refractivity contribution is 0.498. The lowest BCUT2D eigenvalue weighted by Gasteiger charge is -2.17. The van der Waals surface area contributed by atoms with Crippen molar-refractivity contribution in [3.63, 3.8) is 0 Å². The van der Waals surface area contributed by atoms with E-state index in [2.05, 4.69) is 58.4 Å². The number of thiophene rings is 1. The molecular formula is C12H15BrN2S2. The zero-order valence-electron chi connectivity index (χ0n) is 10.0. The minimum absolute atomic E-state index is 0.296. The molecular weight excluding hydrogens is 316 g/mol. The zero-order chi connectivity index (χ0) is 12.4. The summed E-state index contributed by atoms with van der Waals surface area (Å²) in [7, 11) is 0. The summed E-state index contributed by atoms with van der Waals surface area (Å²) in [5.41, 5.74) is 0. The van der Waals surface area contributed by atoms with Crippen molar-refractivity contribution < 1.29 is 0 Å². The van der Waals surface area contributed by atoms with E-state index in [4.69, 9.17) is 0 Å². The van der Waals surface area contributed by atoms with Crippen molar-refractivity contribution >= 4 is 38.6 Å². The number of nitrogens with one attached hydrogen (secondary N) is 1. The van der Waals surface area contributed by atoms with Gasteiger partial charge in [-0.2, -0.15) is 0 Å². The summed E-state index contributed by atoms with van der Waals surface area (Å²) in [6.45, 7) is 6.44. The summed E-state index contributed by atoms with van der Waals surface area (Å²) in [4.78, 5) is 7.03. The van der Waals surface area contributed by atoms with E-state index in [1.807, 2.05) is 6.20 Å². The molecule has 2 nitrogen and oxygen atoms in total. The third kappa shape index (κ3) is 3.37. The second-order valence-corrected chi connectivity index (χ2v) is 7.21. The molecule has 17 heavy (non-hydrogen) atoms. The van der Waals surface area contributed by atoms with Crippen LogP contribution >= 0.6 is 38.6 Å². The van der Waals surface area contributed by atoms with Crippen LogP contribution in [0.4, 0.5) is 0 Å². The topological polar surface area (TPSA) is 24.9 Å². The molecule has 2 unspecified atom stereocenters. The highest BCUT2D eigenvalue weighted by Gasteiger charge is 2.14. The molecule has 0 bridgehead atoms. The van der Waals surface area contributed by atoms with Crippen LogP contribution in [0.2, 0.25) is 0 Å². The summed E-state index contributed by atoms with van der Waals surface area (Å²) < 4.78 is 1.16. The molecule has 0 fully saturated rings. The van der Waals surface area contributed by atoms with Gasteiger partial charge in [0.1, 0.15) is 5.01 Å².